The predicted molar refractivity (Wildman–Crippen MR) is 107 cm³/mol. The van der Waals surface area contributed by atoms with E-state index in [2.05, 4.69) is 4.90 Å². The number of hydrogen-bond acceptors (Lipinski definition) is 3. The topological polar surface area (TPSA) is 38.5 Å². The van der Waals surface area contributed by atoms with Crippen molar-refractivity contribution in [3.05, 3.63) is 48.5 Å². The van der Waals surface area contributed by atoms with Crippen LogP contribution in [0.4, 0.5) is 10.1 Å². The van der Waals surface area contributed by atoms with Gasteiger partial charge in [-0.2, -0.15) is 0 Å². The second-order valence-corrected chi connectivity index (χ2v) is 6.01. The van der Waals surface area contributed by atoms with Gasteiger partial charge in [0.05, 0.1) is 0 Å². The Morgan fingerprint density at radius 3 is 2.32 bits per heavy atom. The first-order valence-corrected chi connectivity index (χ1v) is 8.16. The van der Waals surface area contributed by atoms with Crippen molar-refractivity contribution >= 4 is 30.5 Å². The van der Waals surface area contributed by atoms with Crippen molar-refractivity contribution < 1.29 is 9.13 Å². The number of likely N-dealkylation sites (tertiary alicyclic amines) is 1. The molecule has 0 saturated carbocycles. The van der Waals surface area contributed by atoms with Gasteiger partial charge in [0.1, 0.15) is 18.5 Å². The number of nitrogens with zero attached hydrogens (tertiary/aromatic N) is 1. The van der Waals surface area contributed by atoms with Crippen LogP contribution in [0.2, 0.25) is 0 Å². The van der Waals surface area contributed by atoms with Gasteiger partial charge in [-0.15, -0.1) is 24.8 Å². The first-order chi connectivity index (χ1) is 11.2. The van der Waals surface area contributed by atoms with Gasteiger partial charge in [0.25, 0.3) is 0 Å². The number of rotatable bonds is 5. The Balaban J connectivity index is 0.00000156. The zero-order chi connectivity index (χ0) is 16.1. The van der Waals surface area contributed by atoms with Gasteiger partial charge in [-0.3, -0.25) is 4.90 Å². The lowest BCUT2D eigenvalue weighted by Crippen LogP contribution is -2.37. The number of nitrogen functional groups attached to an aromatic ring is 1. The molecule has 1 heterocycles. The quantitative estimate of drug-likeness (QED) is 0.763. The molecule has 2 aromatic carbocycles. The third-order valence-corrected chi connectivity index (χ3v) is 4.27. The van der Waals surface area contributed by atoms with Crippen molar-refractivity contribution in [2.45, 2.75) is 19.0 Å². The van der Waals surface area contributed by atoms with Crippen LogP contribution < -0.4 is 10.5 Å². The number of piperidine rings is 1. The third kappa shape index (κ3) is 6.38. The van der Waals surface area contributed by atoms with Crippen molar-refractivity contribution in [3.8, 4) is 16.9 Å². The van der Waals surface area contributed by atoms with Crippen LogP contribution in [0.25, 0.3) is 11.1 Å². The SMILES string of the molecule is Cl.Cl.Nc1cccc(-c2ccc(OCCN3CCC(F)CC3)cc2)c1. The summed E-state index contributed by atoms with van der Waals surface area (Å²) in [5.41, 5.74) is 8.80. The Morgan fingerprint density at radius 1 is 1.00 bits per heavy atom. The van der Waals surface area contributed by atoms with E-state index in [9.17, 15) is 4.39 Å². The maximum atomic E-state index is 13.1. The first-order valence-electron chi connectivity index (χ1n) is 8.16. The molecule has 1 aliphatic heterocycles. The molecule has 0 radical (unpaired) electrons. The molecule has 0 aliphatic carbocycles. The minimum Gasteiger partial charge on any atom is -0.492 e. The summed E-state index contributed by atoms with van der Waals surface area (Å²) in [5.74, 6) is 0.859. The number of benzene rings is 2. The minimum absolute atomic E-state index is 0. The fourth-order valence-electron chi connectivity index (χ4n) is 2.88. The zero-order valence-electron chi connectivity index (χ0n) is 14.1. The van der Waals surface area contributed by atoms with Crippen LogP contribution >= 0.6 is 24.8 Å². The molecule has 25 heavy (non-hydrogen) atoms. The number of nitrogens with two attached hydrogens (primary N) is 1. The van der Waals surface area contributed by atoms with Crippen LogP contribution in [0, 0.1) is 0 Å². The van der Waals surface area contributed by atoms with Gasteiger partial charge in [0, 0.05) is 25.3 Å². The molecule has 1 saturated heterocycles. The predicted octanol–water partition coefficient (Wildman–Crippen LogP) is 4.59. The maximum Gasteiger partial charge on any atom is 0.119 e. The number of alkyl halides is 1. The highest BCUT2D eigenvalue weighted by Gasteiger charge is 2.17. The van der Waals surface area contributed by atoms with Crippen LogP contribution in [-0.4, -0.2) is 37.3 Å². The van der Waals surface area contributed by atoms with E-state index in [0.29, 0.717) is 19.4 Å². The summed E-state index contributed by atoms with van der Waals surface area (Å²) in [4.78, 5) is 2.26. The summed E-state index contributed by atoms with van der Waals surface area (Å²) in [6.45, 7) is 3.15. The van der Waals surface area contributed by atoms with Crippen LogP contribution in [-0.2, 0) is 0 Å². The van der Waals surface area contributed by atoms with Gasteiger partial charge in [-0.25, -0.2) is 4.39 Å². The second kappa shape index (κ2) is 10.5. The molecule has 1 fully saturated rings. The van der Waals surface area contributed by atoms with E-state index in [1.54, 1.807) is 0 Å². The number of anilines is 1. The molecular weight excluding hydrogens is 362 g/mol. The maximum absolute atomic E-state index is 13.1. The number of hydrogen-bond donors (Lipinski definition) is 1. The number of ether oxygens (including phenoxy) is 1. The second-order valence-electron chi connectivity index (χ2n) is 6.01. The molecule has 0 bridgehead atoms. The van der Waals surface area contributed by atoms with Crippen LogP contribution in [0.15, 0.2) is 48.5 Å². The lowest BCUT2D eigenvalue weighted by atomic mass is 10.1. The van der Waals surface area contributed by atoms with E-state index in [1.165, 1.54) is 0 Å². The fourth-order valence-corrected chi connectivity index (χ4v) is 2.88. The van der Waals surface area contributed by atoms with E-state index in [4.69, 9.17) is 10.5 Å². The molecule has 0 amide bonds. The molecule has 6 heteroatoms. The van der Waals surface area contributed by atoms with E-state index < -0.39 is 6.17 Å². The lowest BCUT2D eigenvalue weighted by molar-refractivity contribution is 0.132. The van der Waals surface area contributed by atoms with Crippen molar-refractivity contribution in [1.29, 1.82) is 0 Å². The zero-order valence-corrected chi connectivity index (χ0v) is 15.7. The Morgan fingerprint density at radius 2 is 1.68 bits per heavy atom. The molecule has 0 aromatic heterocycles. The summed E-state index contributed by atoms with van der Waals surface area (Å²) in [6.07, 6.45) is 0.677. The summed E-state index contributed by atoms with van der Waals surface area (Å²) in [6, 6.07) is 15.9. The normalized spacial score (nSPS) is 15.1. The van der Waals surface area contributed by atoms with Crippen LogP contribution in [0.5, 0.6) is 5.75 Å². The third-order valence-electron chi connectivity index (χ3n) is 4.27. The fraction of sp³-hybridized carbons (Fsp3) is 0.368. The molecule has 2 N–H and O–H groups in total. The summed E-state index contributed by atoms with van der Waals surface area (Å²) >= 11 is 0. The van der Waals surface area contributed by atoms with E-state index in [1.807, 2.05) is 48.5 Å². The van der Waals surface area contributed by atoms with E-state index >= 15 is 0 Å². The molecule has 0 spiro atoms. The summed E-state index contributed by atoms with van der Waals surface area (Å²) < 4.78 is 18.9. The highest BCUT2D eigenvalue weighted by atomic mass is 35.5. The number of halogens is 3. The van der Waals surface area contributed by atoms with Gasteiger partial charge in [-0.05, 0) is 48.2 Å². The largest absolute Gasteiger partial charge is 0.492 e. The van der Waals surface area contributed by atoms with Crippen LogP contribution in [0.1, 0.15) is 12.8 Å². The van der Waals surface area contributed by atoms with E-state index in [0.717, 1.165) is 42.2 Å². The minimum atomic E-state index is -0.619. The first kappa shape index (κ1) is 21.6. The molecule has 3 nitrogen and oxygen atoms in total. The van der Waals surface area contributed by atoms with Gasteiger partial charge in [-0.1, -0.05) is 24.3 Å². The monoisotopic (exact) mass is 386 g/mol. The molecule has 3 rings (SSSR count). The van der Waals surface area contributed by atoms with Crippen molar-refractivity contribution in [3.63, 3.8) is 0 Å². The molecular formula is C19H25Cl2FN2O. The van der Waals surface area contributed by atoms with Crippen molar-refractivity contribution in [2.24, 2.45) is 0 Å². The van der Waals surface area contributed by atoms with Gasteiger partial charge in [0.15, 0.2) is 0 Å². The Hall–Kier alpha value is -1.49. The van der Waals surface area contributed by atoms with Crippen LogP contribution in [0.3, 0.4) is 0 Å². The smallest absolute Gasteiger partial charge is 0.119 e. The lowest BCUT2D eigenvalue weighted by Gasteiger charge is -2.28. The molecule has 0 unspecified atom stereocenters. The highest BCUT2D eigenvalue weighted by molar-refractivity contribution is 5.85. The summed E-state index contributed by atoms with van der Waals surface area (Å²) in [5, 5.41) is 0. The van der Waals surface area contributed by atoms with E-state index in [-0.39, 0.29) is 24.8 Å². The molecule has 0 atom stereocenters. The summed E-state index contributed by atoms with van der Waals surface area (Å²) in [7, 11) is 0. The van der Waals surface area contributed by atoms with Gasteiger partial charge in [0.2, 0.25) is 0 Å². The molecule has 2 aromatic rings. The van der Waals surface area contributed by atoms with Gasteiger partial charge >= 0.3 is 0 Å². The molecule has 1 aliphatic rings. The van der Waals surface area contributed by atoms with Crippen molar-refractivity contribution in [1.82, 2.24) is 4.90 Å². The van der Waals surface area contributed by atoms with Gasteiger partial charge < -0.3 is 10.5 Å². The Bertz CT molecular complexity index is 632. The Labute approximate surface area is 161 Å². The van der Waals surface area contributed by atoms with Crippen molar-refractivity contribution in [2.75, 3.05) is 32.0 Å². The average molecular weight is 387 g/mol. The highest BCUT2D eigenvalue weighted by Crippen LogP contribution is 2.24. The standard InChI is InChI=1S/C19H23FN2O.2ClH/c20-17-8-10-22(11-9-17)12-13-23-19-6-4-15(5-7-19)16-2-1-3-18(21)14-16;;/h1-7,14,17H,8-13,21H2;2*1H. The molecule has 138 valence electrons. The Kier molecular flexibility index (Phi) is 9.04. The average Bonchev–Trinajstić information content (AvgIpc) is 2.57.